The Morgan fingerprint density at radius 3 is 2.07 bits per heavy atom. The van der Waals surface area contributed by atoms with E-state index >= 15 is 0 Å². The molecule has 2 aliphatic carbocycles. The number of carboxylic acids is 1. The molecular formula is C36H38N2O7. The molecule has 3 aromatic carbocycles. The molecule has 1 amide bonds. The Balaban J connectivity index is 1.09. The number of benzene rings is 3. The maximum absolute atomic E-state index is 12.7. The van der Waals surface area contributed by atoms with Crippen LogP contribution in [0.25, 0.3) is 11.1 Å². The summed E-state index contributed by atoms with van der Waals surface area (Å²) in [7, 11) is 0. The minimum atomic E-state index is -1.18. The zero-order valence-corrected chi connectivity index (χ0v) is 25.7. The number of amides is 1. The number of hydrogen-bond acceptors (Lipinski definition) is 7. The maximum atomic E-state index is 12.7. The standard InChI is InChI=1S/C36H38N2O7/c1-22(33-31(39)19-36(2,3)20-32(33)40)37-16-17-44-24-14-12-23(13-15-24)18-30(34(41)42)38-35(43)45-21-29-27-10-6-4-8-25(27)26-9-5-7-11-28(26)29/h4-15,29-30,37H,16-21H2,1-3H3,(H,38,43)(H,41,42). The van der Waals surface area contributed by atoms with E-state index in [1.807, 2.05) is 62.4 Å². The van der Waals surface area contributed by atoms with Crippen molar-refractivity contribution in [1.29, 1.82) is 0 Å². The monoisotopic (exact) mass is 610 g/mol. The molecule has 0 aliphatic heterocycles. The number of carboxylic acid groups (broad SMARTS) is 1. The highest BCUT2D eigenvalue weighted by molar-refractivity contribution is 6.22. The number of Topliss-reactive ketones (excluding diaryl/α,β-unsaturated/α-hetero) is 2. The van der Waals surface area contributed by atoms with Gasteiger partial charge >= 0.3 is 12.1 Å². The summed E-state index contributed by atoms with van der Waals surface area (Å²) in [6.07, 6.45) is -0.0328. The molecule has 9 heteroatoms. The number of rotatable bonds is 11. The van der Waals surface area contributed by atoms with E-state index in [1.54, 1.807) is 31.2 Å². The van der Waals surface area contributed by atoms with Crippen molar-refractivity contribution in [3.8, 4) is 16.9 Å². The van der Waals surface area contributed by atoms with Crippen LogP contribution in [-0.2, 0) is 25.5 Å². The zero-order valence-electron chi connectivity index (χ0n) is 25.7. The summed E-state index contributed by atoms with van der Waals surface area (Å²) in [6.45, 7) is 6.35. The summed E-state index contributed by atoms with van der Waals surface area (Å²) in [6, 6.07) is 21.8. The van der Waals surface area contributed by atoms with Crippen molar-refractivity contribution in [1.82, 2.24) is 10.6 Å². The van der Waals surface area contributed by atoms with Gasteiger partial charge in [0.15, 0.2) is 11.6 Å². The third-order valence-electron chi connectivity index (χ3n) is 8.27. The summed E-state index contributed by atoms with van der Waals surface area (Å²) < 4.78 is 11.3. The average molecular weight is 611 g/mol. The molecule has 0 bridgehead atoms. The van der Waals surface area contributed by atoms with Gasteiger partial charge < -0.3 is 25.2 Å². The second-order valence-corrected chi connectivity index (χ2v) is 12.3. The Labute approximate surface area is 262 Å². The number of allylic oxidation sites excluding steroid dienone is 2. The summed E-state index contributed by atoms with van der Waals surface area (Å²) >= 11 is 0. The lowest BCUT2D eigenvalue weighted by atomic mass is 9.73. The molecule has 9 nitrogen and oxygen atoms in total. The van der Waals surface area contributed by atoms with E-state index in [-0.39, 0.29) is 41.5 Å². The van der Waals surface area contributed by atoms with E-state index in [9.17, 15) is 24.3 Å². The predicted molar refractivity (Wildman–Crippen MR) is 169 cm³/mol. The van der Waals surface area contributed by atoms with Gasteiger partial charge in [-0.1, -0.05) is 74.5 Å². The van der Waals surface area contributed by atoms with E-state index < -0.39 is 18.1 Å². The second kappa shape index (κ2) is 13.4. The molecule has 234 valence electrons. The van der Waals surface area contributed by atoms with Crippen LogP contribution < -0.4 is 15.4 Å². The molecule has 45 heavy (non-hydrogen) atoms. The Hall–Kier alpha value is -4.92. The molecule has 1 saturated carbocycles. The highest BCUT2D eigenvalue weighted by atomic mass is 16.5. The Morgan fingerprint density at radius 1 is 0.911 bits per heavy atom. The van der Waals surface area contributed by atoms with E-state index in [0.29, 0.717) is 43.0 Å². The number of fused-ring (bicyclic) bond motifs is 3. The molecule has 1 atom stereocenters. The molecule has 0 radical (unpaired) electrons. The molecule has 0 heterocycles. The maximum Gasteiger partial charge on any atom is 0.407 e. The summed E-state index contributed by atoms with van der Waals surface area (Å²) in [5.74, 6) is -0.984. The minimum absolute atomic E-state index is 0.0625. The number of nitrogens with one attached hydrogen (secondary N) is 2. The number of carbonyl (C=O) groups is 4. The van der Waals surface area contributed by atoms with Crippen LogP contribution in [0.4, 0.5) is 4.79 Å². The van der Waals surface area contributed by atoms with Gasteiger partial charge in [0.05, 0.1) is 5.57 Å². The molecule has 0 spiro atoms. The van der Waals surface area contributed by atoms with E-state index in [1.165, 1.54) is 0 Å². The van der Waals surface area contributed by atoms with Gasteiger partial charge in [-0.15, -0.1) is 0 Å². The predicted octanol–water partition coefficient (Wildman–Crippen LogP) is 5.42. The van der Waals surface area contributed by atoms with Crippen molar-refractivity contribution in [2.75, 3.05) is 19.8 Å². The average Bonchev–Trinajstić information content (AvgIpc) is 3.31. The minimum Gasteiger partial charge on any atom is -0.492 e. The van der Waals surface area contributed by atoms with Crippen LogP contribution in [0.5, 0.6) is 5.75 Å². The van der Waals surface area contributed by atoms with Crippen molar-refractivity contribution >= 4 is 23.6 Å². The normalized spacial score (nSPS) is 15.9. The first-order valence-electron chi connectivity index (χ1n) is 15.1. The van der Waals surface area contributed by atoms with Crippen molar-refractivity contribution in [3.05, 3.63) is 101 Å². The highest BCUT2D eigenvalue weighted by Crippen LogP contribution is 2.44. The zero-order chi connectivity index (χ0) is 32.1. The van der Waals surface area contributed by atoms with E-state index in [4.69, 9.17) is 9.47 Å². The van der Waals surface area contributed by atoms with Crippen molar-refractivity contribution in [2.45, 2.75) is 52.0 Å². The molecular weight excluding hydrogens is 572 g/mol. The Bertz CT molecular complexity index is 1570. The number of ether oxygens (including phenoxy) is 2. The fourth-order valence-corrected chi connectivity index (χ4v) is 6.12. The summed E-state index contributed by atoms with van der Waals surface area (Å²) in [5.41, 5.74) is 5.56. The topological polar surface area (TPSA) is 131 Å². The number of hydrogen-bond donors (Lipinski definition) is 3. The first-order valence-corrected chi connectivity index (χ1v) is 15.1. The quantitative estimate of drug-likeness (QED) is 0.149. The first-order chi connectivity index (χ1) is 21.5. The van der Waals surface area contributed by atoms with Crippen molar-refractivity contribution in [3.63, 3.8) is 0 Å². The number of alkyl carbamates (subject to hydrolysis) is 1. The molecule has 3 N–H and O–H groups in total. The smallest absolute Gasteiger partial charge is 0.407 e. The van der Waals surface area contributed by atoms with Gasteiger partial charge in [-0.2, -0.15) is 0 Å². The van der Waals surface area contributed by atoms with Crippen molar-refractivity contribution in [2.24, 2.45) is 5.41 Å². The van der Waals surface area contributed by atoms with Crippen molar-refractivity contribution < 1.29 is 33.8 Å². The third kappa shape index (κ3) is 7.42. The SMILES string of the molecule is CC(NCCOc1ccc(CC(NC(=O)OCC2c3ccccc3-c3ccccc32)C(=O)O)cc1)=C1C(=O)CC(C)(C)CC1=O. The van der Waals surface area contributed by atoms with Crippen LogP contribution in [0, 0.1) is 5.41 Å². The fourth-order valence-electron chi connectivity index (χ4n) is 6.12. The van der Waals surface area contributed by atoms with Gasteiger partial charge in [-0.3, -0.25) is 9.59 Å². The molecule has 1 unspecified atom stereocenters. The number of ketones is 2. The first kappa shape index (κ1) is 31.5. The van der Waals surface area contributed by atoms with Gasteiger partial charge in [-0.25, -0.2) is 9.59 Å². The molecule has 2 aliphatic rings. The fraction of sp³-hybridized carbons (Fsp3) is 0.333. The molecule has 3 aromatic rings. The lowest BCUT2D eigenvalue weighted by Crippen LogP contribution is -2.42. The summed E-state index contributed by atoms with van der Waals surface area (Å²) in [5, 5.41) is 15.4. The molecule has 5 rings (SSSR count). The lowest BCUT2D eigenvalue weighted by Gasteiger charge is -2.29. The van der Waals surface area contributed by atoms with Gasteiger partial charge in [-0.05, 0) is 52.3 Å². The van der Waals surface area contributed by atoms with Crippen LogP contribution in [0.2, 0.25) is 0 Å². The van der Waals surface area contributed by atoms with Crippen LogP contribution in [-0.4, -0.2) is 54.5 Å². The van der Waals surface area contributed by atoms with Crippen LogP contribution in [0.15, 0.2) is 84.1 Å². The van der Waals surface area contributed by atoms with Gasteiger partial charge in [0, 0.05) is 37.4 Å². The van der Waals surface area contributed by atoms with E-state index in [0.717, 1.165) is 22.3 Å². The van der Waals surface area contributed by atoms with Gasteiger partial charge in [0.1, 0.15) is 25.0 Å². The van der Waals surface area contributed by atoms with E-state index in [2.05, 4.69) is 10.6 Å². The number of carbonyl (C=O) groups excluding carboxylic acids is 3. The van der Waals surface area contributed by atoms with Crippen LogP contribution in [0.1, 0.15) is 56.2 Å². The molecule has 0 aromatic heterocycles. The molecule has 1 fully saturated rings. The van der Waals surface area contributed by atoms with Crippen LogP contribution in [0.3, 0.4) is 0 Å². The second-order valence-electron chi connectivity index (χ2n) is 12.3. The Kier molecular flexibility index (Phi) is 9.37. The number of aliphatic carboxylic acids is 1. The highest BCUT2D eigenvalue weighted by Gasteiger charge is 2.36. The lowest BCUT2D eigenvalue weighted by molar-refractivity contribution is -0.139. The van der Waals surface area contributed by atoms with Gasteiger partial charge in [0.2, 0.25) is 0 Å². The third-order valence-corrected chi connectivity index (χ3v) is 8.27. The largest absolute Gasteiger partial charge is 0.492 e. The summed E-state index contributed by atoms with van der Waals surface area (Å²) in [4.78, 5) is 49.6. The molecule has 0 saturated heterocycles. The van der Waals surface area contributed by atoms with Gasteiger partial charge in [0.25, 0.3) is 0 Å². The Morgan fingerprint density at radius 2 is 1.49 bits per heavy atom. The van der Waals surface area contributed by atoms with Crippen LogP contribution >= 0.6 is 0 Å².